The molecule has 3 rings (SSSR count). The second-order valence-electron chi connectivity index (χ2n) is 6.88. The van der Waals surface area contributed by atoms with Gasteiger partial charge in [0.15, 0.2) is 0 Å². The maximum Gasteiger partial charge on any atom is 0.124 e. The molecule has 1 aliphatic rings. The van der Waals surface area contributed by atoms with Gasteiger partial charge in [-0.25, -0.2) is 4.98 Å². The normalized spacial score (nSPS) is 21.7. The minimum atomic E-state index is 0.276. The van der Waals surface area contributed by atoms with E-state index < -0.39 is 0 Å². The van der Waals surface area contributed by atoms with Crippen molar-refractivity contribution in [3.63, 3.8) is 0 Å². The number of morpholine rings is 1. The van der Waals surface area contributed by atoms with Crippen LogP contribution in [0.3, 0.4) is 0 Å². The van der Waals surface area contributed by atoms with E-state index in [4.69, 9.17) is 9.72 Å². The molecule has 25 heavy (non-hydrogen) atoms. The summed E-state index contributed by atoms with van der Waals surface area (Å²) in [5.74, 6) is 2.27. The Morgan fingerprint density at radius 1 is 1.32 bits per heavy atom. The summed E-state index contributed by atoms with van der Waals surface area (Å²) in [5, 5.41) is 0. The fourth-order valence-electron chi connectivity index (χ4n) is 3.53. The standard InChI is InChI=1S/C20H29N3OS/c1-5-9-23-19-11-17(25-10-6-2)7-8-18(19)21-20(23)14-22-12-15(3)24-16(4)13-22/h5,7-8,11,15-16H,1,6,9-10,12-14H2,2-4H3. The first kappa shape index (κ1) is 18.5. The molecular weight excluding hydrogens is 330 g/mol. The Morgan fingerprint density at radius 2 is 2.08 bits per heavy atom. The molecule has 1 fully saturated rings. The van der Waals surface area contributed by atoms with E-state index >= 15 is 0 Å². The second-order valence-corrected chi connectivity index (χ2v) is 8.05. The van der Waals surface area contributed by atoms with Crippen LogP contribution >= 0.6 is 11.8 Å². The van der Waals surface area contributed by atoms with Gasteiger partial charge in [-0.15, -0.1) is 18.3 Å². The second kappa shape index (κ2) is 8.39. The van der Waals surface area contributed by atoms with Crippen molar-refractivity contribution >= 4 is 22.8 Å². The van der Waals surface area contributed by atoms with Gasteiger partial charge in [-0.2, -0.15) is 0 Å². The third-order valence-electron chi connectivity index (χ3n) is 4.44. The summed E-state index contributed by atoms with van der Waals surface area (Å²) < 4.78 is 8.16. The Bertz CT molecular complexity index is 717. The van der Waals surface area contributed by atoms with Gasteiger partial charge in [0.05, 0.1) is 29.8 Å². The molecule has 1 aliphatic heterocycles. The number of allylic oxidation sites excluding steroid dienone is 1. The Kier molecular flexibility index (Phi) is 6.20. The Labute approximate surface area is 155 Å². The number of nitrogens with zero attached hydrogens (tertiary/aromatic N) is 3. The lowest BCUT2D eigenvalue weighted by Gasteiger charge is -2.35. The zero-order chi connectivity index (χ0) is 17.8. The van der Waals surface area contributed by atoms with Crippen molar-refractivity contribution in [2.24, 2.45) is 0 Å². The van der Waals surface area contributed by atoms with Crippen LogP contribution in [0.4, 0.5) is 0 Å². The van der Waals surface area contributed by atoms with Crippen molar-refractivity contribution in [1.82, 2.24) is 14.5 Å². The lowest BCUT2D eigenvalue weighted by atomic mass is 10.2. The molecule has 5 heteroatoms. The number of imidazole rings is 1. The number of ether oxygens (including phenoxy) is 1. The quantitative estimate of drug-likeness (QED) is 0.544. The van der Waals surface area contributed by atoms with E-state index in [0.717, 1.165) is 43.3 Å². The fraction of sp³-hybridized carbons (Fsp3) is 0.550. The maximum atomic E-state index is 5.86. The molecule has 0 bridgehead atoms. The third kappa shape index (κ3) is 4.46. The average Bonchev–Trinajstić information content (AvgIpc) is 2.89. The largest absolute Gasteiger partial charge is 0.373 e. The molecule has 2 aromatic rings. The van der Waals surface area contributed by atoms with Crippen LogP contribution < -0.4 is 0 Å². The summed E-state index contributed by atoms with van der Waals surface area (Å²) in [6.45, 7) is 14.0. The molecule has 0 amide bonds. The molecule has 0 aliphatic carbocycles. The monoisotopic (exact) mass is 359 g/mol. The van der Waals surface area contributed by atoms with Gasteiger partial charge in [0.1, 0.15) is 5.82 Å². The highest BCUT2D eigenvalue weighted by Crippen LogP contribution is 2.26. The van der Waals surface area contributed by atoms with Crippen LogP contribution in [0.1, 0.15) is 33.0 Å². The Hall–Kier alpha value is -1.30. The van der Waals surface area contributed by atoms with Crippen LogP contribution in [-0.4, -0.2) is 45.5 Å². The summed E-state index contributed by atoms with van der Waals surface area (Å²) in [4.78, 5) is 8.69. The zero-order valence-corrected chi connectivity index (χ0v) is 16.4. The van der Waals surface area contributed by atoms with E-state index in [1.54, 1.807) is 0 Å². The zero-order valence-electron chi connectivity index (χ0n) is 15.6. The molecule has 0 spiro atoms. The minimum absolute atomic E-state index is 0.276. The van der Waals surface area contributed by atoms with Crippen molar-refractivity contribution in [2.45, 2.75) is 57.4 Å². The van der Waals surface area contributed by atoms with Crippen LogP contribution in [0.5, 0.6) is 0 Å². The molecule has 1 aromatic heterocycles. The summed E-state index contributed by atoms with van der Waals surface area (Å²) in [5.41, 5.74) is 2.29. The van der Waals surface area contributed by atoms with Crippen molar-refractivity contribution in [1.29, 1.82) is 0 Å². The number of rotatable bonds is 7. The van der Waals surface area contributed by atoms with Crippen molar-refractivity contribution in [2.75, 3.05) is 18.8 Å². The minimum Gasteiger partial charge on any atom is -0.373 e. The molecule has 136 valence electrons. The van der Waals surface area contributed by atoms with Gasteiger partial charge in [0.25, 0.3) is 0 Å². The number of hydrogen-bond donors (Lipinski definition) is 0. The molecule has 4 nitrogen and oxygen atoms in total. The molecule has 0 N–H and O–H groups in total. The van der Waals surface area contributed by atoms with Gasteiger partial charge in [-0.05, 0) is 44.2 Å². The first-order valence-corrected chi connectivity index (χ1v) is 10.2. The summed E-state index contributed by atoms with van der Waals surface area (Å²) in [7, 11) is 0. The van der Waals surface area contributed by atoms with Gasteiger partial charge in [0, 0.05) is 24.5 Å². The number of aromatic nitrogens is 2. The Morgan fingerprint density at radius 3 is 2.76 bits per heavy atom. The first-order valence-electron chi connectivity index (χ1n) is 9.21. The van der Waals surface area contributed by atoms with Gasteiger partial charge >= 0.3 is 0 Å². The fourth-order valence-corrected chi connectivity index (χ4v) is 4.33. The van der Waals surface area contributed by atoms with E-state index in [1.807, 2.05) is 17.8 Å². The molecule has 1 saturated heterocycles. The summed E-state index contributed by atoms with van der Waals surface area (Å²) in [6.07, 6.45) is 3.70. The van der Waals surface area contributed by atoms with Gasteiger partial charge < -0.3 is 9.30 Å². The summed E-state index contributed by atoms with van der Waals surface area (Å²) >= 11 is 1.91. The molecule has 1 aromatic carbocycles. The van der Waals surface area contributed by atoms with Crippen LogP contribution in [0.2, 0.25) is 0 Å². The highest BCUT2D eigenvalue weighted by Gasteiger charge is 2.24. The topological polar surface area (TPSA) is 30.3 Å². The molecule has 0 saturated carbocycles. The molecule has 2 atom stereocenters. The number of thioether (sulfide) groups is 1. The predicted molar refractivity (Wildman–Crippen MR) is 106 cm³/mol. The van der Waals surface area contributed by atoms with Crippen molar-refractivity contribution in [3.05, 3.63) is 36.7 Å². The van der Waals surface area contributed by atoms with Gasteiger partial charge in [-0.1, -0.05) is 13.0 Å². The van der Waals surface area contributed by atoms with Crippen LogP contribution in [0.25, 0.3) is 11.0 Å². The molecule has 2 unspecified atom stereocenters. The lowest BCUT2D eigenvalue weighted by molar-refractivity contribution is -0.0712. The van der Waals surface area contributed by atoms with Gasteiger partial charge in [0.2, 0.25) is 0 Å². The molecule has 2 heterocycles. The number of fused-ring (bicyclic) bond motifs is 1. The first-order chi connectivity index (χ1) is 12.1. The average molecular weight is 360 g/mol. The van der Waals surface area contributed by atoms with E-state index in [9.17, 15) is 0 Å². The van der Waals surface area contributed by atoms with Crippen LogP contribution in [0, 0.1) is 0 Å². The van der Waals surface area contributed by atoms with Crippen LogP contribution in [0.15, 0.2) is 35.7 Å². The maximum absolute atomic E-state index is 5.86. The van der Waals surface area contributed by atoms with Crippen LogP contribution in [-0.2, 0) is 17.8 Å². The SMILES string of the molecule is C=CCn1c(CN2CC(C)OC(C)C2)nc2ccc(SCCC)cc21. The third-order valence-corrected chi connectivity index (χ3v) is 5.64. The number of benzene rings is 1. The van der Waals surface area contributed by atoms with Crippen molar-refractivity contribution in [3.8, 4) is 0 Å². The smallest absolute Gasteiger partial charge is 0.124 e. The van der Waals surface area contributed by atoms with E-state index in [0.29, 0.717) is 0 Å². The van der Waals surface area contributed by atoms with E-state index in [1.165, 1.54) is 16.8 Å². The molecule has 0 radical (unpaired) electrons. The van der Waals surface area contributed by atoms with Gasteiger partial charge in [-0.3, -0.25) is 4.90 Å². The van der Waals surface area contributed by atoms with Crippen molar-refractivity contribution < 1.29 is 4.74 Å². The Balaban J connectivity index is 1.88. The number of hydrogen-bond acceptors (Lipinski definition) is 4. The highest BCUT2D eigenvalue weighted by atomic mass is 32.2. The van der Waals surface area contributed by atoms with E-state index in [-0.39, 0.29) is 12.2 Å². The predicted octanol–water partition coefficient (Wildman–Crippen LogP) is 4.33. The molecular formula is C20H29N3OS. The summed E-state index contributed by atoms with van der Waals surface area (Å²) in [6, 6.07) is 6.62. The van der Waals surface area contributed by atoms with E-state index in [2.05, 4.69) is 55.0 Å². The lowest BCUT2D eigenvalue weighted by Crippen LogP contribution is -2.45. The highest BCUT2D eigenvalue weighted by molar-refractivity contribution is 7.99.